The highest BCUT2D eigenvalue weighted by Crippen LogP contribution is 2.31. The van der Waals surface area contributed by atoms with Gasteiger partial charge in [-0.1, -0.05) is 24.6 Å². The Morgan fingerprint density at radius 2 is 2.24 bits per heavy atom. The summed E-state index contributed by atoms with van der Waals surface area (Å²) in [6.45, 7) is 1.79. The molecule has 0 spiro atoms. The molecule has 0 aliphatic rings. The van der Waals surface area contributed by atoms with Gasteiger partial charge in [0.15, 0.2) is 0 Å². The van der Waals surface area contributed by atoms with Gasteiger partial charge in [0.1, 0.15) is 5.75 Å². The highest BCUT2D eigenvalue weighted by molar-refractivity contribution is 6.31. The van der Waals surface area contributed by atoms with Gasteiger partial charge >= 0.3 is 5.97 Å². The van der Waals surface area contributed by atoms with Gasteiger partial charge in [0, 0.05) is 11.1 Å². The van der Waals surface area contributed by atoms with Crippen LogP contribution in [0.15, 0.2) is 18.2 Å². The zero-order valence-corrected chi connectivity index (χ0v) is 10.6. The van der Waals surface area contributed by atoms with Gasteiger partial charge in [0.2, 0.25) is 0 Å². The summed E-state index contributed by atoms with van der Waals surface area (Å²) < 4.78 is 5.02. The second-order valence-electron chi connectivity index (χ2n) is 3.77. The molecule has 2 atom stereocenters. The molecule has 5 heteroatoms. The van der Waals surface area contributed by atoms with Crippen LogP contribution in [0.5, 0.6) is 5.75 Å². The zero-order chi connectivity index (χ0) is 13.0. The number of halogens is 1. The topological polar surface area (TPSA) is 72.5 Å². The van der Waals surface area contributed by atoms with E-state index in [1.165, 1.54) is 7.11 Å². The van der Waals surface area contributed by atoms with Gasteiger partial charge in [-0.2, -0.15) is 0 Å². The minimum Gasteiger partial charge on any atom is -0.497 e. The SMILES string of the molecule is CCC(C(=O)O)C(N)c1ccc(OC)cc1Cl. The minimum absolute atomic E-state index is 0.427. The first-order valence-electron chi connectivity index (χ1n) is 5.33. The van der Waals surface area contributed by atoms with Gasteiger partial charge < -0.3 is 15.6 Å². The fraction of sp³-hybridized carbons (Fsp3) is 0.417. The maximum atomic E-state index is 11.0. The molecular weight excluding hydrogens is 242 g/mol. The number of aliphatic carboxylic acids is 1. The molecule has 0 aromatic heterocycles. The first-order chi connectivity index (χ1) is 8.01. The summed E-state index contributed by atoms with van der Waals surface area (Å²) in [7, 11) is 1.54. The van der Waals surface area contributed by atoms with Crippen LogP contribution < -0.4 is 10.5 Å². The van der Waals surface area contributed by atoms with E-state index in [1.807, 2.05) is 0 Å². The molecule has 0 aliphatic heterocycles. The molecule has 1 aromatic rings. The fourth-order valence-electron chi connectivity index (χ4n) is 1.70. The minimum atomic E-state index is -0.910. The molecule has 0 saturated carbocycles. The van der Waals surface area contributed by atoms with Crippen LogP contribution in [0.2, 0.25) is 5.02 Å². The normalized spacial score (nSPS) is 14.1. The molecule has 0 amide bonds. The van der Waals surface area contributed by atoms with Crippen molar-refractivity contribution >= 4 is 17.6 Å². The highest BCUT2D eigenvalue weighted by Gasteiger charge is 2.26. The average molecular weight is 258 g/mol. The molecule has 1 aromatic carbocycles. The van der Waals surface area contributed by atoms with E-state index in [2.05, 4.69) is 0 Å². The van der Waals surface area contributed by atoms with Crippen molar-refractivity contribution in [3.8, 4) is 5.75 Å². The number of ether oxygens (including phenoxy) is 1. The van der Waals surface area contributed by atoms with Gasteiger partial charge in [0.25, 0.3) is 0 Å². The van der Waals surface area contributed by atoms with Crippen LogP contribution in [-0.4, -0.2) is 18.2 Å². The van der Waals surface area contributed by atoms with E-state index in [0.717, 1.165) is 0 Å². The highest BCUT2D eigenvalue weighted by atomic mass is 35.5. The summed E-state index contributed by atoms with van der Waals surface area (Å²) in [6, 6.07) is 4.44. The summed E-state index contributed by atoms with van der Waals surface area (Å²) >= 11 is 6.06. The summed E-state index contributed by atoms with van der Waals surface area (Å²) in [6.07, 6.45) is 0.457. The van der Waals surface area contributed by atoms with Gasteiger partial charge in [-0.05, 0) is 24.1 Å². The lowest BCUT2D eigenvalue weighted by Gasteiger charge is -2.20. The number of hydrogen-bond donors (Lipinski definition) is 2. The Morgan fingerprint density at radius 1 is 1.59 bits per heavy atom. The van der Waals surface area contributed by atoms with E-state index in [4.69, 9.17) is 27.2 Å². The number of benzene rings is 1. The van der Waals surface area contributed by atoms with Crippen LogP contribution in [0, 0.1) is 5.92 Å². The van der Waals surface area contributed by atoms with Crippen molar-refractivity contribution in [3.05, 3.63) is 28.8 Å². The molecule has 0 heterocycles. The first kappa shape index (κ1) is 13.8. The predicted molar refractivity (Wildman–Crippen MR) is 66.3 cm³/mol. The van der Waals surface area contributed by atoms with Crippen LogP contribution >= 0.6 is 11.6 Å². The molecule has 4 nitrogen and oxygen atoms in total. The number of methoxy groups -OCH3 is 1. The largest absolute Gasteiger partial charge is 0.497 e. The predicted octanol–water partition coefficient (Wildman–Crippen LogP) is 2.46. The third-order valence-corrected chi connectivity index (χ3v) is 3.08. The summed E-state index contributed by atoms with van der Waals surface area (Å²) in [5, 5.41) is 9.48. The molecule has 0 fully saturated rings. The zero-order valence-electron chi connectivity index (χ0n) is 9.81. The molecule has 1 rings (SSSR count). The Morgan fingerprint density at radius 3 is 2.65 bits per heavy atom. The van der Waals surface area contributed by atoms with Crippen LogP contribution in [0.1, 0.15) is 24.9 Å². The molecule has 0 saturated heterocycles. The number of carboxylic acids is 1. The maximum Gasteiger partial charge on any atom is 0.308 e. The number of nitrogens with two attached hydrogens (primary N) is 1. The smallest absolute Gasteiger partial charge is 0.308 e. The van der Waals surface area contributed by atoms with E-state index >= 15 is 0 Å². The van der Waals surface area contributed by atoms with E-state index in [1.54, 1.807) is 25.1 Å². The molecule has 94 valence electrons. The van der Waals surface area contributed by atoms with Crippen LogP contribution in [0.3, 0.4) is 0 Å². The lowest BCUT2D eigenvalue weighted by Crippen LogP contribution is -2.27. The van der Waals surface area contributed by atoms with Crippen molar-refractivity contribution in [2.45, 2.75) is 19.4 Å². The van der Waals surface area contributed by atoms with Crippen molar-refractivity contribution < 1.29 is 14.6 Å². The number of carbonyl (C=O) groups is 1. The standard InChI is InChI=1S/C12H16ClNO3/c1-3-8(12(15)16)11(14)9-5-4-7(17-2)6-10(9)13/h4-6,8,11H,3,14H2,1-2H3,(H,15,16). The molecular formula is C12H16ClNO3. The lowest BCUT2D eigenvalue weighted by molar-refractivity contribution is -0.142. The lowest BCUT2D eigenvalue weighted by atomic mass is 9.91. The van der Waals surface area contributed by atoms with Crippen LogP contribution in [-0.2, 0) is 4.79 Å². The number of hydrogen-bond acceptors (Lipinski definition) is 3. The monoisotopic (exact) mass is 257 g/mol. The Hall–Kier alpha value is -1.26. The molecule has 17 heavy (non-hydrogen) atoms. The molecule has 2 unspecified atom stereocenters. The maximum absolute atomic E-state index is 11.0. The average Bonchev–Trinajstić information content (AvgIpc) is 2.28. The quantitative estimate of drug-likeness (QED) is 0.850. The van der Waals surface area contributed by atoms with Gasteiger partial charge in [0.05, 0.1) is 13.0 Å². The van der Waals surface area contributed by atoms with Crippen molar-refractivity contribution in [2.24, 2.45) is 11.7 Å². The van der Waals surface area contributed by atoms with Crippen LogP contribution in [0.4, 0.5) is 0 Å². The van der Waals surface area contributed by atoms with Crippen molar-refractivity contribution in [1.29, 1.82) is 0 Å². The number of carboxylic acid groups (broad SMARTS) is 1. The Kier molecular flexibility index (Phi) is 4.78. The molecule has 3 N–H and O–H groups in total. The van der Waals surface area contributed by atoms with E-state index in [0.29, 0.717) is 22.8 Å². The molecule has 0 bridgehead atoms. The fourth-order valence-corrected chi connectivity index (χ4v) is 2.00. The summed E-state index contributed by atoms with van der Waals surface area (Å²) in [4.78, 5) is 11.0. The van der Waals surface area contributed by atoms with E-state index in [9.17, 15) is 4.79 Å². The van der Waals surface area contributed by atoms with Crippen molar-refractivity contribution in [1.82, 2.24) is 0 Å². The molecule has 0 radical (unpaired) electrons. The summed E-state index contributed by atoms with van der Waals surface area (Å²) in [5.74, 6) is -0.929. The van der Waals surface area contributed by atoms with Crippen LogP contribution in [0.25, 0.3) is 0 Å². The van der Waals surface area contributed by atoms with Gasteiger partial charge in [-0.3, -0.25) is 4.79 Å². The van der Waals surface area contributed by atoms with Crippen molar-refractivity contribution in [2.75, 3.05) is 7.11 Å². The van der Waals surface area contributed by atoms with Gasteiger partial charge in [-0.15, -0.1) is 0 Å². The second-order valence-corrected chi connectivity index (χ2v) is 4.17. The third kappa shape index (κ3) is 3.11. The van der Waals surface area contributed by atoms with E-state index < -0.39 is 17.9 Å². The summed E-state index contributed by atoms with van der Waals surface area (Å²) in [5.41, 5.74) is 6.56. The number of rotatable bonds is 5. The molecule has 0 aliphatic carbocycles. The van der Waals surface area contributed by atoms with Gasteiger partial charge in [-0.25, -0.2) is 0 Å². The van der Waals surface area contributed by atoms with Crippen molar-refractivity contribution in [3.63, 3.8) is 0 Å². The van der Waals surface area contributed by atoms with E-state index in [-0.39, 0.29) is 0 Å². The first-order valence-corrected chi connectivity index (χ1v) is 5.70. The Labute approximate surface area is 105 Å². The Balaban J connectivity index is 3.03. The third-order valence-electron chi connectivity index (χ3n) is 2.76. The Bertz CT molecular complexity index is 409. The second kappa shape index (κ2) is 5.89.